The smallest absolute Gasteiger partial charge is 0.226 e. The van der Waals surface area contributed by atoms with Crippen molar-refractivity contribution in [2.75, 3.05) is 11.4 Å². The van der Waals surface area contributed by atoms with E-state index in [0.29, 0.717) is 19.4 Å². The predicted molar refractivity (Wildman–Crippen MR) is 102 cm³/mol. The van der Waals surface area contributed by atoms with E-state index in [0.717, 1.165) is 40.7 Å². The summed E-state index contributed by atoms with van der Waals surface area (Å²) in [5.41, 5.74) is 2.90. The average Bonchev–Trinajstić information content (AvgIpc) is 2.63. The molecule has 4 nitrogen and oxygen atoms in total. The second-order valence-electron chi connectivity index (χ2n) is 6.25. The zero-order chi connectivity index (χ0) is 17.6. The maximum Gasteiger partial charge on any atom is 0.226 e. The van der Waals surface area contributed by atoms with Gasteiger partial charge >= 0.3 is 0 Å². The molecule has 5 heteroatoms. The third-order valence-electron chi connectivity index (χ3n) is 4.31. The molecular weight excluding hydrogens is 380 g/mol. The molecule has 2 aromatic rings. The summed E-state index contributed by atoms with van der Waals surface area (Å²) >= 11 is 3.39. The van der Waals surface area contributed by atoms with Crippen molar-refractivity contribution < 1.29 is 9.59 Å². The van der Waals surface area contributed by atoms with Crippen LogP contribution < -0.4 is 10.2 Å². The minimum absolute atomic E-state index is 0.0122. The molecule has 1 aliphatic rings. The maximum absolute atomic E-state index is 12.1. The highest BCUT2D eigenvalue weighted by molar-refractivity contribution is 9.10. The van der Waals surface area contributed by atoms with Crippen LogP contribution in [0, 0.1) is 0 Å². The van der Waals surface area contributed by atoms with Gasteiger partial charge in [-0.1, -0.05) is 40.2 Å². The summed E-state index contributed by atoms with van der Waals surface area (Å²) in [5.74, 6) is 0.171. The van der Waals surface area contributed by atoms with Gasteiger partial charge in [0.2, 0.25) is 11.8 Å². The predicted octanol–water partition coefficient (Wildman–Crippen LogP) is 3.82. The van der Waals surface area contributed by atoms with Crippen molar-refractivity contribution >= 4 is 33.4 Å². The minimum atomic E-state index is -0.0122. The van der Waals surface area contributed by atoms with Gasteiger partial charge in [0.1, 0.15) is 0 Å². The number of benzene rings is 2. The second kappa shape index (κ2) is 8.30. The molecule has 0 spiro atoms. The highest BCUT2D eigenvalue weighted by Gasteiger charge is 2.19. The molecule has 2 amide bonds. The number of carbonyl (C=O) groups is 2. The number of hydrogen-bond acceptors (Lipinski definition) is 2. The molecule has 0 bridgehead atoms. The zero-order valence-electron chi connectivity index (χ0n) is 14.0. The van der Waals surface area contributed by atoms with Crippen LogP contribution in [0.2, 0.25) is 0 Å². The fourth-order valence-corrected chi connectivity index (χ4v) is 3.23. The van der Waals surface area contributed by atoms with Gasteiger partial charge in [0, 0.05) is 29.7 Å². The molecule has 1 aliphatic heterocycles. The van der Waals surface area contributed by atoms with E-state index < -0.39 is 0 Å². The lowest BCUT2D eigenvalue weighted by Crippen LogP contribution is -2.35. The number of piperidine rings is 1. The van der Waals surface area contributed by atoms with Gasteiger partial charge in [0.15, 0.2) is 0 Å². The number of amides is 2. The summed E-state index contributed by atoms with van der Waals surface area (Å²) in [5, 5.41) is 2.95. The molecule has 0 radical (unpaired) electrons. The minimum Gasteiger partial charge on any atom is -0.352 e. The van der Waals surface area contributed by atoms with E-state index in [-0.39, 0.29) is 11.8 Å². The normalized spacial score (nSPS) is 14.4. The number of nitrogens with zero attached hydrogens (tertiary/aromatic N) is 1. The molecule has 25 heavy (non-hydrogen) atoms. The van der Waals surface area contributed by atoms with E-state index in [4.69, 9.17) is 0 Å². The Labute approximate surface area is 156 Å². The van der Waals surface area contributed by atoms with Crippen molar-refractivity contribution in [3.8, 4) is 0 Å². The van der Waals surface area contributed by atoms with Crippen LogP contribution in [-0.2, 0) is 22.6 Å². The number of rotatable bonds is 5. The largest absolute Gasteiger partial charge is 0.352 e. The number of nitrogens with one attached hydrogen (secondary N) is 1. The Morgan fingerprint density at radius 3 is 2.64 bits per heavy atom. The number of carbonyl (C=O) groups excluding carboxylic acids is 2. The Bertz CT molecular complexity index is 759. The quantitative estimate of drug-likeness (QED) is 0.828. The Morgan fingerprint density at radius 1 is 1.08 bits per heavy atom. The lowest BCUT2D eigenvalue weighted by molar-refractivity contribution is -0.121. The highest BCUT2D eigenvalue weighted by Crippen LogP contribution is 2.22. The molecule has 0 saturated carbocycles. The van der Waals surface area contributed by atoms with Gasteiger partial charge in [-0.05, 0) is 48.2 Å². The van der Waals surface area contributed by atoms with Crippen LogP contribution in [0.1, 0.15) is 30.4 Å². The SMILES string of the molecule is O=C(Cc1ccc(Br)cc1)NCc1cccc(N2CCCCC2=O)c1. The van der Waals surface area contributed by atoms with E-state index in [1.165, 1.54) is 0 Å². The Kier molecular flexibility index (Phi) is 5.87. The van der Waals surface area contributed by atoms with Gasteiger partial charge in [0.25, 0.3) is 0 Å². The van der Waals surface area contributed by atoms with Crippen LogP contribution in [0.5, 0.6) is 0 Å². The molecule has 3 rings (SSSR count). The Hall–Kier alpha value is -2.14. The molecular formula is C20H21BrN2O2. The van der Waals surface area contributed by atoms with E-state index in [1.807, 2.05) is 53.4 Å². The third kappa shape index (κ3) is 4.92. The van der Waals surface area contributed by atoms with Gasteiger partial charge in [-0.2, -0.15) is 0 Å². The molecule has 0 aromatic heterocycles. The molecule has 0 unspecified atom stereocenters. The first-order valence-electron chi connectivity index (χ1n) is 8.52. The topological polar surface area (TPSA) is 49.4 Å². The Morgan fingerprint density at radius 2 is 1.88 bits per heavy atom. The van der Waals surface area contributed by atoms with Crippen molar-refractivity contribution in [2.24, 2.45) is 0 Å². The molecule has 0 atom stereocenters. The highest BCUT2D eigenvalue weighted by atomic mass is 79.9. The van der Waals surface area contributed by atoms with Crippen molar-refractivity contribution in [2.45, 2.75) is 32.2 Å². The summed E-state index contributed by atoms with van der Waals surface area (Å²) in [6.45, 7) is 1.24. The summed E-state index contributed by atoms with van der Waals surface area (Å²) in [7, 11) is 0. The lowest BCUT2D eigenvalue weighted by atomic mass is 10.1. The summed E-state index contributed by atoms with van der Waals surface area (Å²) < 4.78 is 1.00. The van der Waals surface area contributed by atoms with Gasteiger partial charge in [0.05, 0.1) is 6.42 Å². The molecule has 1 N–H and O–H groups in total. The van der Waals surface area contributed by atoms with Crippen molar-refractivity contribution in [3.63, 3.8) is 0 Å². The number of anilines is 1. The standard InChI is InChI=1S/C20H21BrN2O2/c21-17-9-7-15(8-10-17)13-19(24)22-14-16-4-3-5-18(12-16)23-11-2-1-6-20(23)25/h3-5,7-10,12H,1-2,6,11,13-14H2,(H,22,24). The molecule has 2 aromatic carbocycles. The van der Waals surface area contributed by atoms with Crippen LogP contribution >= 0.6 is 15.9 Å². The number of hydrogen-bond donors (Lipinski definition) is 1. The summed E-state index contributed by atoms with van der Waals surface area (Å²) in [6.07, 6.45) is 2.99. The number of halogens is 1. The summed E-state index contributed by atoms with van der Waals surface area (Å²) in [4.78, 5) is 26.0. The van der Waals surface area contributed by atoms with Crippen LogP contribution in [0.15, 0.2) is 53.0 Å². The second-order valence-corrected chi connectivity index (χ2v) is 7.17. The van der Waals surface area contributed by atoms with E-state index >= 15 is 0 Å². The van der Waals surface area contributed by atoms with Crippen LogP contribution in [0.3, 0.4) is 0 Å². The fourth-order valence-electron chi connectivity index (χ4n) is 2.96. The first-order valence-corrected chi connectivity index (χ1v) is 9.31. The van der Waals surface area contributed by atoms with Crippen LogP contribution in [0.4, 0.5) is 5.69 Å². The Balaban J connectivity index is 1.57. The van der Waals surface area contributed by atoms with Crippen LogP contribution in [0.25, 0.3) is 0 Å². The van der Waals surface area contributed by atoms with Gasteiger partial charge in [-0.25, -0.2) is 0 Å². The van der Waals surface area contributed by atoms with Crippen LogP contribution in [-0.4, -0.2) is 18.4 Å². The first kappa shape index (κ1) is 17.7. The van der Waals surface area contributed by atoms with Crippen molar-refractivity contribution in [1.82, 2.24) is 5.32 Å². The first-order chi connectivity index (χ1) is 12.1. The van der Waals surface area contributed by atoms with Gasteiger partial charge in [-0.15, -0.1) is 0 Å². The maximum atomic E-state index is 12.1. The lowest BCUT2D eigenvalue weighted by Gasteiger charge is -2.27. The van der Waals surface area contributed by atoms with Gasteiger partial charge < -0.3 is 10.2 Å². The van der Waals surface area contributed by atoms with Crippen molar-refractivity contribution in [3.05, 3.63) is 64.1 Å². The zero-order valence-corrected chi connectivity index (χ0v) is 15.6. The summed E-state index contributed by atoms with van der Waals surface area (Å²) in [6, 6.07) is 15.6. The molecule has 0 aliphatic carbocycles. The molecule has 1 heterocycles. The fraction of sp³-hybridized carbons (Fsp3) is 0.300. The third-order valence-corrected chi connectivity index (χ3v) is 4.84. The van der Waals surface area contributed by atoms with E-state index in [9.17, 15) is 9.59 Å². The van der Waals surface area contributed by atoms with Gasteiger partial charge in [-0.3, -0.25) is 9.59 Å². The molecule has 1 saturated heterocycles. The monoisotopic (exact) mass is 400 g/mol. The molecule has 1 fully saturated rings. The van der Waals surface area contributed by atoms with E-state index in [1.54, 1.807) is 0 Å². The van der Waals surface area contributed by atoms with Crippen molar-refractivity contribution in [1.29, 1.82) is 0 Å². The average molecular weight is 401 g/mol. The van der Waals surface area contributed by atoms with E-state index in [2.05, 4.69) is 21.2 Å². The molecule has 130 valence electrons.